The number of aryl methyl sites for hydroxylation is 1. The maximum absolute atomic E-state index is 13.2. The summed E-state index contributed by atoms with van der Waals surface area (Å²) in [6.45, 7) is 1.71. The second-order valence-electron chi connectivity index (χ2n) is 4.61. The van der Waals surface area contributed by atoms with Crippen molar-refractivity contribution < 1.29 is 18.3 Å². The van der Waals surface area contributed by atoms with Gasteiger partial charge < -0.3 is 10.1 Å². The second kappa shape index (κ2) is 6.35. The summed E-state index contributed by atoms with van der Waals surface area (Å²) < 4.78 is 30.9. The lowest BCUT2D eigenvalue weighted by molar-refractivity contribution is -0.141. The van der Waals surface area contributed by atoms with Crippen LogP contribution in [0.4, 0.5) is 14.5 Å². The predicted octanol–water partition coefficient (Wildman–Crippen LogP) is 3.60. The molecule has 21 heavy (non-hydrogen) atoms. The van der Waals surface area contributed by atoms with E-state index in [-0.39, 0.29) is 11.6 Å². The number of carbonyl (C=O) groups excluding carboxylic acids is 1. The first-order chi connectivity index (χ1) is 10.0. The quantitative estimate of drug-likeness (QED) is 0.875. The van der Waals surface area contributed by atoms with Crippen LogP contribution in [0.1, 0.15) is 17.2 Å². The fourth-order valence-electron chi connectivity index (χ4n) is 2.06. The number of methoxy groups -OCH3 is 1. The number of carbonyl (C=O) groups is 1. The predicted molar refractivity (Wildman–Crippen MR) is 75.9 cm³/mol. The van der Waals surface area contributed by atoms with Gasteiger partial charge in [-0.3, -0.25) is 0 Å². The van der Waals surface area contributed by atoms with Gasteiger partial charge in [0, 0.05) is 5.69 Å². The number of esters is 1. The Bertz CT molecular complexity index is 641. The van der Waals surface area contributed by atoms with E-state index in [2.05, 4.69) is 5.32 Å². The van der Waals surface area contributed by atoms with Gasteiger partial charge in [0.15, 0.2) is 6.04 Å². The van der Waals surface area contributed by atoms with Gasteiger partial charge in [-0.2, -0.15) is 0 Å². The van der Waals surface area contributed by atoms with Crippen LogP contribution in [0.5, 0.6) is 0 Å². The first kappa shape index (κ1) is 15.0. The molecule has 0 aromatic heterocycles. The molecule has 110 valence electrons. The standard InChI is InChI=1S/C16H15F2NO2/c1-10-9-12(18)5-8-14(10)15(16(20)21-2)19-13-6-3-11(17)4-7-13/h3-9,15,19H,1-2H3. The van der Waals surface area contributed by atoms with E-state index in [0.717, 1.165) is 0 Å². The zero-order chi connectivity index (χ0) is 15.4. The van der Waals surface area contributed by atoms with E-state index in [1.165, 1.54) is 49.6 Å². The Balaban J connectivity index is 2.34. The molecule has 0 amide bonds. The number of hydrogen-bond acceptors (Lipinski definition) is 3. The highest BCUT2D eigenvalue weighted by Crippen LogP contribution is 2.24. The van der Waals surface area contributed by atoms with E-state index < -0.39 is 12.0 Å². The third-order valence-electron chi connectivity index (χ3n) is 3.13. The summed E-state index contributed by atoms with van der Waals surface area (Å²) >= 11 is 0. The lowest BCUT2D eigenvalue weighted by atomic mass is 10.0. The van der Waals surface area contributed by atoms with Crippen molar-refractivity contribution in [2.45, 2.75) is 13.0 Å². The smallest absolute Gasteiger partial charge is 0.332 e. The Hall–Kier alpha value is -2.43. The van der Waals surface area contributed by atoms with E-state index in [1.54, 1.807) is 6.92 Å². The Morgan fingerprint density at radius 3 is 2.29 bits per heavy atom. The summed E-state index contributed by atoms with van der Waals surface area (Å²) in [6.07, 6.45) is 0. The van der Waals surface area contributed by atoms with E-state index in [4.69, 9.17) is 4.74 Å². The molecule has 0 heterocycles. The summed E-state index contributed by atoms with van der Waals surface area (Å²) in [7, 11) is 1.28. The number of halogens is 2. The molecule has 0 saturated heterocycles. The number of rotatable bonds is 4. The van der Waals surface area contributed by atoms with Gasteiger partial charge in [0.2, 0.25) is 0 Å². The van der Waals surface area contributed by atoms with E-state index in [9.17, 15) is 13.6 Å². The SMILES string of the molecule is COC(=O)C(Nc1ccc(F)cc1)c1ccc(F)cc1C. The van der Waals surface area contributed by atoms with Crippen LogP contribution in [0.3, 0.4) is 0 Å². The molecule has 5 heteroatoms. The zero-order valence-corrected chi connectivity index (χ0v) is 11.7. The maximum Gasteiger partial charge on any atom is 0.332 e. The molecule has 0 radical (unpaired) electrons. The molecule has 1 unspecified atom stereocenters. The van der Waals surface area contributed by atoms with Gasteiger partial charge in [0.05, 0.1) is 7.11 Å². The largest absolute Gasteiger partial charge is 0.467 e. The van der Waals surface area contributed by atoms with Crippen LogP contribution in [-0.2, 0) is 9.53 Å². The summed E-state index contributed by atoms with van der Waals surface area (Å²) in [5.74, 6) is -1.25. The number of anilines is 1. The van der Waals surface area contributed by atoms with E-state index in [1.807, 2.05) is 0 Å². The second-order valence-corrected chi connectivity index (χ2v) is 4.61. The van der Waals surface area contributed by atoms with Crippen LogP contribution in [0.2, 0.25) is 0 Å². The minimum Gasteiger partial charge on any atom is -0.467 e. The molecule has 2 aromatic rings. The minimum atomic E-state index is -0.791. The Labute approximate surface area is 121 Å². The molecule has 1 atom stereocenters. The number of ether oxygens (including phenoxy) is 1. The lowest BCUT2D eigenvalue weighted by Gasteiger charge is -2.20. The molecule has 1 N–H and O–H groups in total. The molecule has 0 aliphatic carbocycles. The molecule has 0 bridgehead atoms. The molecule has 3 nitrogen and oxygen atoms in total. The normalized spacial score (nSPS) is 11.8. The average Bonchev–Trinajstić information content (AvgIpc) is 2.47. The highest BCUT2D eigenvalue weighted by Gasteiger charge is 2.23. The molecule has 0 aliphatic rings. The van der Waals surface area contributed by atoms with E-state index in [0.29, 0.717) is 16.8 Å². The third kappa shape index (κ3) is 3.56. The van der Waals surface area contributed by atoms with Crippen molar-refractivity contribution in [2.24, 2.45) is 0 Å². The van der Waals surface area contributed by atoms with E-state index >= 15 is 0 Å². The van der Waals surface area contributed by atoms with Crippen LogP contribution in [0.15, 0.2) is 42.5 Å². The van der Waals surface area contributed by atoms with Crippen molar-refractivity contribution in [1.29, 1.82) is 0 Å². The molecule has 2 rings (SSSR count). The zero-order valence-electron chi connectivity index (χ0n) is 11.7. The third-order valence-corrected chi connectivity index (χ3v) is 3.13. The van der Waals surface area contributed by atoms with Gasteiger partial charge in [0.1, 0.15) is 11.6 Å². The molecule has 0 aliphatic heterocycles. The number of hydrogen-bond donors (Lipinski definition) is 1. The van der Waals surface area contributed by atoms with Crippen molar-refractivity contribution in [1.82, 2.24) is 0 Å². The summed E-state index contributed by atoms with van der Waals surface area (Å²) in [5, 5.41) is 2.97. The molecule has 0 saturated carbocycles. The van der Waals surface area contributed by atoms with Gasteiger partial charge in [0.25, 0.3) is 0 Å². The van der Waals surface area contributed by atoms with Crippen molar-refractivity contribution in [3.63, 3.8) is 0 Å². The van der Waals surface area contributed by atoms with Gasteiger partial charge in [-0.15, -0.1) is 0 Å². The molecule has 0 fully saturated rings. The molecule has 0 spiro atoms. The first-order valence-electron chi connectivity index (χ1n) is 6.37. The highest BCUT2D eigenvalue weighted by molar-refractivity contribution is 5.81. The molecular weight excluding hydrogens is 276 g/mol. The lowest BCUT2D eigenvalue weighted by Crippen LogP contribution is -2.23. The summed E-state index contributed by atoms with van der Waals surface area (Å²) in [6, 6.07) is 8.97. The topological polar surface area (TPSA) is 38.3 Å². The van der Waals surface area contributed by atoms with Crippen molar-refractivity contribution in [3.05, 3.63) is 65.2 Å². The maximum atomic E-state index is 13.2. The van der Waals surface area contributed by atoms with Gasteiger partial charge >= 0.3 is 5.97 Å². The van der Waals surface area contributed by atoms with Crippen LogP contribution in [0.25, 0.3) is 0 Å². The first-order valence-corrected chi connectivity index (χ1v) is 6.37. The fraction of sp³-hybridized carbons (Fsp3) is 0.188. The molecule has 2 aromatic carbocycles. The van der Waals surface area contributed by atoms with Gasteiger partial charge in [-0.05, 0) is 54.4 Å². The van der Waals surface area contributed by atoms with Crippen LogP contribution >= 0.6 is 0 Å². The van der Waals surface area contributed by atoms with Crippen molar-refractivity contribution >= 4 is 11.7 Å². The summed E-state index contributed by atoms with van der Waals surface area (Å²) in [4.78, 5) is 12.0. The average molecular weight is 291 g/mol. The van der Waals surface area contributed by atoms with Crippen molar-refractivity contribution in [3.8, 4) is 0 Å². The fourth-order valence-corrected chi connectivity index (χ4v) is 2.06. The number of nitrogens with one attached hydrogen (secondary N) is 1. The summed E-state index contributed by atoms with van der Waals surface area (Å²) in [5.41, 5.74) is 1.79. The number of benzene rings is 2. The van der Waals surface area contributed by atoms with Crippen LogP contribution < -0.4 is 5.32 Å². The Morgan fingerprint density at radius 2 is 1.71 bits per heavy atom. The van der Waals surface area contributed by atoms with Crippen LogP contribution in [-0.4, -0.2) is 13.1 Å². The minimum absolute atomic E-state index is 0.367. The van der Waals surface area contributed by atoms with Crippen LogP contribution in [0, 0.1) is 18.6 Å². The Kier molecular flexibility index (Phi) is 4.52. The monoisotopic (exact) mass is 291 g/mol. The Morgan fingerprint density at radius 1 is 1.10 bits per heavy atom. The van der Waals surface area contributed by atoms with Gasteiger partial charge in [-0.1, -0.05) is 6.07 Å². The molecular formula is C16H15F2NO2. The van der Waals surface area contributed by atoms with Crippen molar-refractivity contribution in [2.75, 3.05) is 12.4 Å². The highest BCUT2D eigenvalue weighted by atomic mass is 19.1. The van der Waals surface area contributed by atoms with Gasteiger partial charge in [-0.25, -0.2) is 13.6 Å².